The number of hydrogen-bond donors (Lipinski definition) is 1. The molecule has 0 atom stereocenters. The van der Waals surface area contributed by atoms with Crippen LogP contribution in [-0.4, -0.2) is 29.5 Å². The molecule has 0 amide bonds. The molecule has 1 aromatic heterocycles. The lowest BCUT2D eigenvalue weighted by Crippen LogP contribution is -2.26. The summed E-state index contributed by atoms with van der Waals surface area (Å²) in [6, 6.07) is 9.16. The number of aromatic nitrogens is 2. The van der Waals surface area contributed by atoms with Crippen LogP contribution in [0.15, 0.2) is 41.2 Å². The molecular formula is C15H17ClFN3O2. The summed E-state index contributed by atoms with van der Waals surface area (Å²) in [4.78, 5) is 11.5. The van der Waals surface area contributed by atoms with Gasteiger partial charge in [0.05, 0.1) is 0 Å². The lowest BCUT2D eigenvalue weighted by molar-refractivity contribution is 0.298. The summed E-state index contributed by atoms with van der Waals surface area (Å²) in [6.07, 6.45) is 0.729. The smallest absolute Gasteiger partial charge is 0.266 e. The highest BCUT2D eigenvalue weighted by atomic mass is 35.5. The van der Waals surface area contributed by atoms with Crippen molar-refractivity contribution in [1.29, 1.82) is 0 Å². The fourth-order valence-corrected chi connectivity index (χ4v) is 2.01. The second-order valence-electron chi connectivity index (χ2n) is 4.60. The molecule has 1 heterocycles. The first-order chi connectivity index (χ1) is 10.7. The maximum atomic E-state index is 13.3. The average molecular weight is 326 g/mol. The SMILES string of the molecule is O=c1ccc(Cl)nn1CCCNCCOc1ccccc1F. The number of aryl methyl sites for hydroxylation is 1. The normalized spacial score (nSPS) is 10.6. The van der Waals surface area contributed by atoms with E-state index in [4.69, 9.17) is 16.3 Å². The highest BCUT2D eigenvalue weighted by Crippen LogP contribution is 2.14. The standard InChI is InChI=1S/C15H17ClFN3O2/c16-14-6-7-15(21)20(19-14)10-3-8-18-9-11-22-13-5-2-1-4-12(13)17/h1-2,4-7,18H,3,8-11H2. The van der Waals surface area contributed by atoms with Crippen LogP contribution < -0.4 is 15.6 Å². The molecule has 0 saturated heterocycles. The third-order valence-electron chi connectivity index (χ3n) is 2.93. The number of nitrogens with zero attached hydrogens (tertiary/aromatic N) is 2. The van der Waals surface area contributed by atoms with Crippen molar-refractivity contribution in [1.82, 2.24) is 15.1 Å². The van der Waals surface area contributed by atoms with Crippen LogP contribution in [0.25, 0.3) is 0 Å². The Morgan fingerprint density at radius 3 is 2.86 bits per heavy atom. The van der Waals surface area contributed by atoms with Crippen molar-refractivity contribution in [3.8, 4) is 5.75 Å². The van der Waals surface area contributed by atoms with Crippen LogP contribution in [0.2, 0.25) is 5.15 Å². The minimum atomic E-state index is -0.367. The van der Waals surface area contributed by atoms with Gasteiger partial charge in [-0.15, -0.1) is 0 Å². The van der Waals surface area contributed by atoms with Gasteiger partial charge in [-0.05, 0) is 31.2 Å². The largest absolute Gasteiger partial charge is 0.489 e. The number of rotatable bonds is 8. The van der Waals surface area contributed by atoms with E-state index in [9.17, 15) is 9.18 Å². The number of nitrogens with one attached hydrogen (secondary N) is 1. The zero-order valence-corrected chi connectivity index (χ0v) is 12.7. The van der Waals surface area contributed by atoms with Gasteiger partial charge in [0.25, 0.3) is 5.56 Å². The van der Waals surface area contributed by atoms with E-state index in [2.05, 4.69) is 10.4 Å². The van der Waals surface area contributed by atoms with Gasteiger partial charge in [-0.2, -0.15) is 5.10 Å². The summed E-state index contributed by atoms with van der Waals surface area (Å²) in [6.45, 7) is 2.14. The third kappa shape index (κ3) is 5.13. The van der Waals surface area contributed by atoms with Gasteiger partial charge in [-0.3, -0.25) is 4.79 Å². The van der Waals surface area contributed by atoms with E-state index in [0.717, 1.165) is 6.42 Å². The van der Waals surface area contributed by atoms with Crippen LogP contribution in [0.5, 0.6) is 5.75 Å². The molecule has 0 aliphatic rings. The second-order valence-corrected chi connectivity index (χ2v) is 4.99. The van der Waals surface area contributed by atoms with Gasteiger partial charge in [-0.1, -0.05) is 23.7 Å². The topological polar surface area (TPSA) is 56.2 Å². The zero-order chi connectivity index (χ0) is 15.8. The summed E-state index contributed by atoms with van der Waals surface area (Å²) >= 11 is 5.74. The van der Waals surface area contributed by atoms with E-state index in [1.165, 1.54) is 22.9 Å². The molecule has 22 heavy (non-hydrogen) atoms. The van der Waals surface area contributed by atoms with E-state index in [0.29, 0.717) is 31.4 Å². The summed E-state index contributed by atoms with van der Waals surface area (Å²) < 4.78 is 19.9. The van der Waals surface area contributed by atoms with Crippen molar-refractivity contribution in [3.05, 3.63) is 57.7 Å². The lowest BCUT2D eigenvalue weighted by Gasteiger charge is -2.08. The number of hydrogen-bond acceptors (Lipinski definition) is 4. The third-order valence-corrected chi connectivity index (χ3v) is 3.13. The molecule has 0 aliphatic carbocycles. The molecule has 118 valence electrons. The Balaban J connectivity index is 1.61. The predicted octanol–water partition coefficient (Wildman–Crippen LogP) is 2.09. The molecule has 0 spiro atoms. The Bertz CT molecular complexity index is 663. The van der Waals surface area contributed by atoms with E-state index >= 15 is 0 Å². The molecular weight excluding hydrogens is 309 g/mol. The first-order valence-corrected chi connectivity index (χ1v) is 7.36. The quantitative estimate of drug-likeness (QED) is 0.755. The summed E-state index contributed by atoms with van der Waals surface area (Å²) in [5, 5.41) is 7.38. The van der Waals surface area contributed by atoms with Gasteiger partial charge in [-0.25, -0.2) is 9.07 Å². The van der Waals surface area contributed by atoms with Crippen molar-refractivity contribution >= 4 is 11.6 Å². The van der Waals surface area contributed by atoms with Crippen molar-refractivity contribution in [2.75, 3.05) is 19.7 Å². The van der Waals surface area contributed by atoms with Gasteiger partial charge in [0.1, 0.15) is 11.8 Å². The minimum Gasteiger partial charge on any atom is -0.489 e. The maximum absolute atomic E-state index is 13.3. The van der Waals surface area contributed by atoms with Crippen LogP contribution in [0.4, 0.5) is 4.39 Å². The molecule has 1 N–H and O–H groups in total. The van der Waals surface area contributed by atoms with Crippen LogP contribution in [-0.2, 0) is 6.54 Å². The molecule has 0 fully saturated rings. The van der Waals surface area contributed by atoms with E-state index in [1.807, 2.05) is 0 Å². The number of halogens is 2. The fourth-order valence-electron chi connectivity index (χ4n) is 1.86. The number of ether oxygens (including phenoxy) is 1. The molecule has 0 radical (unpaired) electrons. The van der Waals surface area contributed by atoms with Gasteiger partial charge in [0.2, 0.25) is 0 Å². The predicted molar refractivity (Wildman–Crippen MR) is 82.9 cm³/mol. The van der Waals surface area contributed by atoms with E-state index in [-0.39, 0.29) is 17.1 Å². The van der Waals surface area contributed by atoms with E-state index in [1.54, 1.807) is 18.2 Å². The molecule has 0 saturated carbocycles. The molecule has 5 nitrogen and oxygen atoms in total. The van der Waals surface area contributed by atoms with Gasteiger partial charge in [0.15, 0.2) is 11.6 Å². The summed E-state index contributed by atoms with van der Waals surface area (Å²) in [5.41, 5.74) is -0.174. The monoisotopic (exact) mass is 325 g/mol. The number of benzene rings is 1. The first kappa shape index (κ1) is 16.5. The summed E-state index contributed by atoms with van der Waals surface area (Å²) in [5.74, 6) is -0.118. The van der Waals surface area contributed by atoms with Gasteiger partial charge < -0.3 is 10.1 Å². The molecule has 7 heteroatoms. The van der Waals surface area contributed by atoms with Crippen LogP contribution in [0, 0.1) is 5.82 Å². The van der Waals surface area contributed by atoms with Crippen molar-refractivity contribution in [2.24, 2.45) is 0 Å². The fraction of sp³-hybridized carbons (Fsp3) is 0.333. The van der Waals surface area contributed by atoms with Gasteiger partial charge in [0, 0.05) is 19.2 Å². The Morgan fingerprint density at radius 2 is 2.05 bits per heavy atom. The van der Waals surface area contributed by atoms with Crippen molar-refractivity contribution in [3.63, 3.8) is 0 Å². The Labute approximate surface area is 132 Å². The van der Waals surface area contributed by atoms with E-state index < -0.39 is 0 Å². The molecule has 0 bridgehead atoms. The zero-order valence-electron chi connectivity index (χ0n) is 12.0. The average Bonchev–Trinajstić information content (AvgIpc) is 2.51. The maximum Gasteiger partial charge on any atom is 0.266 e. The number of para-hydroxylation sites is 1. The van der Waals surface area contributed by atoms with Crippen LogP contribution in [0.1, 0.15) is 6.42 Å². The Kier molecular flexibility index (Phi) is 6.36. The Hall–Kier alpha value is -1.92. The van der Waals surface area contributed by atoms with Gasteiger partial charge >= 0.3 is 0 Å². The molecule has 1 aromatic carbocycles. The Morgan fingerprint density at radius 1 is 1.23 bits per heavy atom. The molecule has 0 aliphatic heterocycles. The summed E-state index contributed by atoms with van der Waals surface area (Å²) in [7, 11) is 0. The highest BCUT2D eigenvalue weighted by Gasteiger charge is 2.01. The van der Waals surface area contributed by atoms with Crippen LogP contribution >= 0.6 is 11.6 Å². The highest BCUT2D eigenvalue weighted by molar-refractivity contribution is 6.29. The first-order valence-electron chi connectivity index (χ1n) is 6.98. The lowest BCUT2D eigenvalue weighted by atomic mass is 10.3. The minimum absolute atomic E-state index is 0.174. The van der Waals surface area contributed by atoms with Crippen molar-refractivity contribution in [2.45, 2.75) is 13.0 Å². The molecule has 0 unspecified atom stereocenters. The van der Waals surface area contributed by atoms with Crippen molar-refractivity contribution < 1.29 is 9.13 Å². The molecule has 2 rings (SSSR count). The van der Waals surface area contributed by atoms with Crippen LogP contribution in [0.3, 0.4) is 0 Å². The molecule has 2 aromatic rings. The second kappa shape index (κ2) is 8.51.